The smallest absolute Gasteiger partial charge is 0.137 e. The molecule has 0 saturated heterocycles. The lowest BCUT2D eigenvalue weighted by atomic mass is 10.0. The molecule has 0 aliphatic heterocycles. The van der Waals surface area contributed by atoms with Crippen LogP contribution in [0.1, 0.15) is 0 Å². The zero-order chi connectivity index (χ0) is 15.8. The number of aromatic nitrogens is 4. The topological polar surface area (TPSA) is 55.2 Å². The molecule has 6 heteroatoms. The molecule has 23 heavy (non-hydrogen) atoms. The summed E-state index contributed by atoms with van der Waals surface area (Å²) >= 11 is 6.17. The van der Waals surface area contributed by atoms with E-state index in [-0.39, 0.29) is 0 Å². The lowest BCUT2D eigenvalue weighted by molar-refractivity contribution is 0.416. The van der Waals surface area contributed by atoms with Gasteiger partial charge in [-0.15, -0.1) is 0 Å². The molecule has 3 heterocycles. The molecular formula is C17H13ClN4O. The van der Waals surface area contributed by atoms with Gasteiger partial charge in [-0.25, -0.2) is 4.98 Å². The Bertz CT molecular complexity index is 989. The number of H-pyrrole nitrogens is 1. The third-order valence-electron chi connectivity index (χ3n) is 3.79. The molecule has 1 aromatic carbocycles. The number of aromatic amines is 1. The Morgan fingerprint density at radius 2 is 1.96 bits per heavy atom. The van der Waals surface area contributed by atoms with Gasteiger partial charge in [0, 0.05) is 22.9 Å². The van der Waals surface area contributed by atoms with Crippen LogP contribution < -0.4 is 4.74 Å². The summed E-state index contributed by atoms with van der Waals surface area (Å²) in [5, 5.41) is 7.84. The number of fused-ring (bicyclic) bond motifs is 1. The van der Waals surface area contributed by atoms with E-state index in [4.69, 9.17) is 16.3 Å². The minimum absolute atomic E-state index is 0.573. The molecule has 3 aromatic heterocycles. The van der Waals surface area contributed by atoms with Crippen LogP contribution in [0.2, 0.25) is 5.15 Å². The van der Waals surface area contributed by atoms with Crippen LogP contribution in [0.25, 0.3) is 28.0 Å². The number of hydrogen-bond donors (Lipinski definition) is 1. The van der Waals surface area contributed by atoms with Crippen LogP contribution in [0.15, 0.2) is 55.0 Å². The van der Waals surface area contributed by atoms with Gasteiger partial charge in [0.15, 0.2) is 0 Å². The number of pyridine rings is 1. The Morgan fingerprint density at radius 3 is 2.83 bits per heavy atom. The molecule has 0 spiro atoms. The third kappa shape index (κ3) is 2.26. The fraction of sp³-hybridized carbons (Fsp3) is 0.0588. The summed E-state index contributed by atoms with van der Waals surface area (Å²) in [6.07, 6.45) is 5.39. The molecule has 0 unspecified atom stereocenters. The lowest BCUT2D eigenvalue weighted by Gasteiger charge is -2.09. The molecule has 4 aromatic rings. The predicted octanol–water partition coefficient (Wildman–Crippen LogP) is 4.05. The van der Waals surface area contributed by atoms with Gasteiger partial charge in [-0.05, 0) is 24.3 Å². The zero-order valence-electron chi connectivity index (χ0n) is 12.3. The minimum Gasteiger partial charge on any atom is -0.496 e. The maximum absolute atomic E-state index is 6.17. The van der Waals surface area contributed by atoms with Crippen LogP contribution in [0.5, 0.6) is 5.75 Å². The van der Waals surface area contributed by atoms with Crippen molar-refractivity contribution >= 4 is 17.2 Å². The van der Waals surface area contributed by atoms with E-state index >= 15 is 0 Å². The second-order valence-electron chi connectivity index (χ2n) is 5.09. The van der Waals surface area contributed by atoms with Crippen molar-refractivity contribution in [3.05, 3.63) is 60.1 Å². The van der Waals surface area contributed by atoms with Crippen molar-refractivity contribution < 1.29 is 4.74 Å². The van der Waals surface area contributed by atoms with Gasteiger partial charge in [0.05, 0.1) is 25.2 Å². The molecule has 5 nitrogen and oxygen atoms in total. The van der Waals surface area contributed by atoms with Crippen molar-refractivity contribution in [1.29, 1.82) is 0 Å². The van der Waals surface area contributed by atoms with Crippen molar-refractivity contribution in [2.75, 3.05) is 7.11 Å². The molecule has 0 amide bonds. The van der Waals surface area contributed by atoms with Gasteiger partial charge in [-0.2, -0.15) is 5.10 Å². The number of ether oxygens (including phenoxy) is 1. The molecule has 4 rings (SSSR count). The minimum atomic E-state index is 0.573. The third-order valence-corrected chi connectivity index (χ3v) is 4.07. The average molecular weight is 325 g/mol. The van der Waals surface area contributed by atoms with Gasteiger partial charge in [0.25, 0.3) is 0 Å². The van der Waals surface area contributed by atoms with Gasteiger partial charge in [-0.3, -0.25) is 9.50 Å². The Kier molecular flexibility index (Phi) is 3.28. The van der Waals surface area contributed by atoms with Crippen LogP contribution in [-0.4, -0.2) is 26.7 Å². The highest BCUT2D eigenvalue weighted by Gasteiger charge is 2.14. The Balaban J connectivity index is 1.90. The van der Waals surface area contributed by atoms with E-state index < -0.39 is 0 Å². The van der Waals surface area contributed by atoms with Gasteiger partial charge < -0.3 is 4.74 Å². The molecule has 0 fully saturated rings. The standard InChI is InChI=1S/C17H13ClN4O/c1-23-14-5-3-2-4-12(14)17-13(8-20-21-17)11-6-7-16-19-9-15(18)22(16)10-11/h2-10H,1H3,(H,20,21). The predicted molar refractivity (Wildman–Crippen MR) is 89.8 cm³/mol. The number of rotatable bonds is 3. The number of imidazole rings is 1. The molecule has 0 bridgehead atoms. The van der Waals surface area contributed by atoms with Crippen molar-refractivity contribution in [1.82, 2.24) is 19.6 Å². The number of hydrogen-bond acceptors (Lipinski definition) is 3. The number of methoxy groups -OCH3 is 1. The van der Waals surface area contributed by atoms with Crippen LogP contribution in [0.3, 0.4) is 0 Å². The summed E-state index contributed by atoms with van der Waals surface area (Å²) in [7, 11) is 1.66. The van der Waals surface area contributed by atoms with Crippen LogP contribution in [0, 0.1) is 0 Å². The number of para-hydroxylation sites is 1. The largest absolute Gasteiger partial charge is 0.496 e. The second kappa shape index (κ2) is 5.44. The zero-order valence-corrected chi connectivity index (χ0v) is 13.1. The van der Waals surface area contributed by atoms with Crippen LogP contribution in [0.4, 0.5) is 0 Å². The van der Waals surface area contributed by atoms with Gasteiger partial charge in [-0.1, -0.05) is 23.7 Å². The monoisotopic (exact) mass is 324 g/mol. The number of nitrogens with zero attached hydrogens (tertiary/aromatic N) is 3. The van der Waals surface area contributed by atoms with Crippen LogP contribution in [-0.2, 0) is 0 Å². The summed E-state index contributed by atoms with van der Waals surface area (Å²) in [6.45, 7) is 0. The fourth-order valence-corrected chi connectivity index (χ4v) is 2.86. The number of benzene rings is 1. The van der Waals surface area contributed by atoms with Crippen molar-refractivity contribution in [2.24, 2.45) is 0 Å². The summed E-state index contributed by atoms with van der Waals surface area (Å²) in [6, 6.07) is 11.8. The van der Waals surface area contributed by atoms with Crippen molar-refractivity contribution in [3.63, 3.8) is 0 Å². The first-order valence-electron chi connectivity index (χ1n) is 7.07. The van der Waals surface area contributed by atoms with Crippen LogP contribution >= 0.6 is 11.6 Å². The van der Waals surface area contributed by atoms with E-state index in [0.717, 1.165) is 33.8 Å². The molecule has 1 N–H and O–H groups in total. The van der Waals surface area contributed by atoms with Gasteiger partial charge in [0.2, 0.25) is 0 Å². The maximum atomic E-state index is 6.17. The molecule has 0 radical (unpaired) electrons. The molecule has 114 valence electrons. The maximum Gasteiger partial charge on any atom is 0.137 e. The first-order chi connectivity index (χ1) is 11.3. The van der Waals surface area contributed by atoms with E-state index in [2.05, 4.69) is 15.2 Å². The number of halogens is 1. The summed E-state index contributed by atoms with van der Waals surface area (Å²) in [5.74, 6) is 0.791. The highest BCUT2D eigenvalue weighted by atomic mass is 35.5. The second-order valence-corrected chi connectivity index (χ2v) is 5.47. The average Bonchev–Trinajstić information content (AvgIpc) is 3.22. The molecular weight excluding hydrogens is 312 g/mol. The van der Waals surface area contributed by atoms with E-state index in [0.29, 0.717) is 5.15 Å². The first-order valence-corrected chi connectivity index (χ1v) is 7.45. The SMILES string of the molecule is COc1ccccc1-c1[nH]ncc1-c1ccc2ncc(Cl)n2c1. The molecule has 0 aliphatic carbocycles. The molecule has 0 aliphatic rings. The highest BCUT2D eigenvalue weighted by molar-refractivity contribution is 6.29. The van der Waals surface area contributed by atoms with E-state index in [1.54, 1.807) is 19.5 Å². The van der Waals surface area contributed by atoms with Gasteiger partial charge in [0.1, 0.15) is 16.5 Å². The van der Waals surface area contributed by atoms with Crippen molar-refractivity contribution in [3.8, 4) is 28.1 Å². The molecule has 0 saturated carbocycles. The summed E-state index contributed by atoms with van der Waals surface area (Å²) < 4.78 is 7.30. The Hall–Kier alpha value is -2.79. The number of nitrogens with one attached hydrogen (secondary N) is 1. The van der Waals surface area contributed by atoms with E-state index in [9.17, 15) is 0 Å². The highest BCUT2D eigenvalue weighted by Crippen LogP contribution is 2.35. The van der Waals surface area contributed by atoms with E-state index in [1.807, 2.05) is 47.0 Å². The Morgan fingerprint density at radius 1 is 1.09 bits per heavy atom. The first kappa shape index (κ1) is 13.8. The normalized spacial score (nSPS) is 11.0. The fourth-order valence-electron chi connectivity index (χ4n) is 2.67. The summed E-state index contributed by atoms with van der Waals surface area (Å²) in [4.78, 5) is 4.24. The lowest BCUT2D eigenvalue weighted by Crippen LogP contribution is -1.91. The Labute approximate surface area is 137 Å². The van der Waals surface area contributed by atoms with Gasteiger partial charge >= 0.3 is 0 Å². The van der Waals surface area contributed by atoms with E-state index in [1.165, 1.54) is 0 Å². The molecule has 0 atom stereocenters. The van der Waals surface area contributed by atoms with Crippen molar-refractivity contribution in [2.45, 2.75) is 0 Å². The quantitative estimate of drug-likeness (QED) is 0.618. The summed E-state index contributed by atoms with van der Waals surface area (Å²) in [5.41, 5.74) is 4.63.